The summed E-state index contributed by atoms with van der Waals surface area (Å²) in [6.07, 6.45) is 5.35. The summed E-state index contributed by atoms with van der Waals surface area (Å²) in [5.41, 5.74) is 0. The van der Waals surface area contributed by atoms with Gasteiger partial charge in [0.15, 0.2) is 0 Å². The molecule has 0 aliphatic carbocycles. The fraction of sp³-hybridized carbons (Fsp3) is 0.533. The highest BCUT2D eigenvalue weighted by Crippen LogP contribution is 2.31. The summed E-state index contributed by atoms with van der Waals surface area (Å²) in [5, 5.41) is 0. The second-order valence-electron chi connectivity index (χ2n) is 4.76. The highest BCUT2D eigenvalue weighted by molar-refractivity contribution is 8.76. The SMILES string of the molecule is O=C(CCCSSc1ccccc1)N1CCCCC1. The predicted octanol–water partition coefficient (Wildman–Crippen LogP) is 4.22. The molecule has 1 fully saturated rings. The number of likely N-dealkylation sites (tertiary alicyclic amines) is 1. The average Bonchev–Trinajstić information content (AvgIpc) is 2.49. The Hall–Kier alpha value is -0.610. The van der Waals surface area contributed by atoms with Gasteiger partial charge in [-0.3, -0.25) is 4.79 Å². The summed E-state index contributed by atoms with van der Waals surface area (Å²) in [4.78, 5) is 15.3. The van der Waals surface area contributed by atoms with E-state index in [0.717, 1.165) is 25.3 Å². The summed E-state index contributed by atoms with van der Waals surface area (Å²) in [6, 6.07) is 10.4. The standard InChI is InChI=1S/C15H21NOS2/c17-15(16-11-5-2-6-12-16)10-7-13-18-19-14-8-3-1-4-9-14/h1,3-4,8-9H,2,5-7,10-13H2. The van der Waals surface area contributed by atoms with Gasteiger partial charge in [0.05, 0.1) is 0 Å². The van der Waals surface area contributed by atoms with Crippen LogP contribution in [0.4, 0.5) is 0 Å². The van der Waals surface area contributed by atoms with Gasteiger partial charge in [0.2, 0.25) is 5.91 Å². The van der Waals surface area contributed by atoms with E-state index in [-0.39, 0.29) is 0 Å². The molecule has 1 heterocycles. The topological polar surface area (TPSA) is 20.3 Å². The first kappa shape index (κ1) is 14.8. The minimum absolute atomic E-state index is 0.352. The van der Waals surface area contributed by atoms with E-state index in [1.54, 1.807) is 10.8 Å². The number of carbonyl (C=O) groups excluding carboxylic acids is 1. The normalized spacial score (nSPS) is 15.5. The van der Waals surface area contributed by atoms with Crippen LogP contribution in [0, 0.1) is 0 Å². The van der Waals surface area contributed by atoms with Gasteiger partial charge in [0.1, 0.15) is 0 Å². The van der Waals surface area contributed by atoms with Gasteiger partial charge in [-0.05, 0) is 37.8 Å². The van der Waals surface area contributed by atoms with Crippen molar-refractivity contribution in [2.75, 3.05) is 18.8 Å². The van der Waals surface area contributed by atoms with E-state index in [1.807, 2.05) is 21.8 Å². The first-order chi connectivity index (χ1) is 9.36. The van der Waals surface area contributed by atoms with Crippen LogP contribution < -0.4 is 0 Å². The molecule has 19 heavy (non-hydrogen) atoms. The number of nitrogens with zero attached hydrogens (tertiary/aromatic N) is 1. The fourth-order valence-corrected chi connectivity index (χ4v) is 4.26. The third-order valence-electron chi connectivity index (χ3n) is 3.23. The molecule has 1 aliphatic heterocycles. The number of piperidine rings is 1. The summed E-state index contributed by atoms with van der Waals surface area (Å²) >= 11 is 0. The number of hydrogen-bond donors (Lipinski definition) is 0. The molecule has 0 bridgehead atoms. The van der Waals surface area contributed by atoms with E-state index in [0.29, 0.717) is 12.3 Å². The zero-order valence-corrected chi connectivity index (χ0v) is 12.8. The molecule has 2 rings (SSSR count). The number of rotatable bonds is 6. The van der Waals surface area contributed by atoms with Gasteiger partial charge in [-0.2, -0.15) is 0 Å². The highest BCUT2D eigenvalue weighted by Gasteiger charge is 2.15. The van der Waals surface area contributed by atoms with E-state index in [2.05, 4.69) is 24.3 Å². The van der Waals surface area contributed by atoms with Crippen LogP contribution in [0.25, 0.3) is 0 Å². The molecule has 0 saturated carbocycles. The van der Waals surface area contributed by atoms with Gasteiger partial charge >= 0.3 is 0 Å². The molecule has 0 radical (unpaired) electrons. The lowest BCUT2D eigenvalue weighted by atomic mass is 10.1. The quantitative estimate of drug-likeness (QED) is 0.579. The molecule has 2 nitrogen and oxygen atoms in total. The van der Waals surface area contributed by atoms with Crippen molar-refractivity contribution in [3.63, 3.8) is 0 Å². The molecule has 4 heteroatoms. The number of carbonyl (C=O) groups is 1. The second kappa shape index (κ2) is 8.54. The van der Waals surface area contributed by atoms with E-state index in [9.17, 15) is 4.79 Å². The Kier molecular flexibility index (Phi) is 6.65. The van der Waals surface area contributed by atoms with Crippen LogP contribution in [0.15, 0.2) is 35.2 Å². The molecule has 1 saturated heterocycles. The lowest BCUT2D eigenvalue weighted by Crippen LogP contribution is -2.35. The molecule has 1 aromatic rings. The molecule has 0 unspecified atom stereocenters. The molecule has 1 aromatic carbocycles. The van der Waals surface area contributed by atoms with Crippen LogP contribution >= 0.6 is 21.6 Å². The van der Waals surface area contributed by atoms with Gasteiger partial charge < -0.3 is 4.90 Å². The van der Waals surface area contributed by atoms with Crippen LogP contribution in [-0.4, -0.2) is 29.6 Å². The van der Waals surface area contributed by atoms with Crippen molar-refractivity contribution in [3.05, 3.63) is 30.3 Å². The van der Waals surface area contributed by atoms with Crippen LogP contribution in [0.1, 0.15) is 32.1 Å². The maximum Gasteiger partial charge on any atom is 0.222 e. The number of benzene rings is 1. The van der Waals surface area contributed by atoms with Crippen molar-refractivity contribution in [1.29, 1.82) is 0 Å². The van der Waals surface area contributed by atoms with E-state index < -0.39 is 0 Å². The minimum Gasteiger partial charge on any atom is -0.343 e. The zero-order valence-electron chi connectivity index (χ0n) is 11.2. The van der Waals surface area contributed by atoms with E-state index in [1.165, 1.54) is 24.2 Å². The van der Waals surface area contributed by atoms with Gasteiger partial charge in [-0.25, -0.2) is 0 Å². The molecular formula is C15H21NOS2. The Balaban J connectivity index is 1.55. The number of hydrogen-bond acceptors (Lipinski definition) is 3. The molecular weight excluding hydrogens is 274 g/mol. The van der Waals surface area contributed by atoms with Crippen molar-refractivity contribution in [2.24, 2.45) is 0 Å². The van der Waals surface area contributed by atoms with Gasteiger partial charge in [-0.1, -0.05) is 39.8 Å². The Labute approximate surface area is 123 Å². The molecule has 1 aliphatic rings. The molecule has 1 amide bonds. The average molecular weight is 295 g/mol. The van der Waals surface area contributed by atoms with Crippen molar-refractivity contribution in [2.45, 2.75) is 37.0 Å². The van der Waals surface area contributed by atoms with E-state index >= 15 is 0 Å². The van der Waals surface area contributed by atoms with Crippen LogP contribution in [0.2, 0.25) is 0 Å². The molecule has 104 valence electrons. The Morgan fingerprint density at radius 3 is 2.58 bits per heavy atom. The Morgan fingerprint density at radius 2 is 1.84 bits per heavy atom. The second-order valence-corrected chi connectivity index (χ2v) is 7.25. The van der Waals surface area contributed by atoms with Gasteiger partial charge in [-0.15, -0.1) is 0 Å². The third-order valence-corrected chi connectivity index (χ3v) is 5.69. The van der Waals surface area contributed by atoms with Gasteiger partial charge in [0.25, 0.3) is 0 Å². The zero-order chi connectivity index (χ0) is 13.3. The summed E-state index contributed by atoms with van der Waals surface area (Å²) in [5.74, 6) is 1.39. The first-order valence-corrected chi connectivity index (χ1v) is 9.30. The molecule has 0 spiro atoms. The maximum absolute atomic E-state index is 11.9. The largest absolute Gasteiger partial charge is 0.343 e. The summed E-state index contributed by atoms with van der Waals surface area (Å²) in [6.45, 7) is 1.95. The lowest BCUT2D eigenvalue weighted by Gasteiger charge is -2.26. The van der Waals surface area contributed by atoms with Crippen LogP contribution in [0.5, 0.6) is 0 Å². The van der Waals surface area contributed by atoms with Crippen molar-refractivity contribution in [3.8, 4) is 0 Å². The Bertz CT molecular complexity index is 377. The fourth-order valence-electron chi connectivity index (χ4n) is 2.17. The third kappa shape index (κ3) is 5.49. The Morgan fingerprint density at radius 1 is 1.11 bits per heavy atom. The highest BCUT2D eigenvalue weighted by atomic mass is 33.1. The van der Waals surface area contributed by atoms with Crippen LogP contribution in [0.3, 0.4) is 0 Å². The molecule has 0 aromatic heterocycles. The van der Waals surface area contributed by atoms with Crippen molar-refractivity contribution in [1.82, 2.24) is 4.90 Å². The smallest absolute Gasteiger partial charge is 0.222 e. The predicted molar refractivity (Wildman–Crippen MR) is 84.4 cm³/mol. The first-order valence-electron chi connectivity index (χ1n) is 6.98. The van der Waals surface area contributed by atoms with Crippen LogP contribution in [-0.2, 0) is 4.79 Å². The maximum atomic E-state index is 11.9. The monoisotopic (exact) mass is 295 g/mol. The molecule has 0 atom stereocenters. The van der Waals surface area contributed by atoms with Crippen molar-refractivity contribution >= 4 is 27.5 Å². The van der Waals surface area contributed by atoms with E-state index in [4.69, 9.17) is 0 Å². The van der Waals surface area contributed by atoms with Gasteiger partial charge in [0, 0.05) is 30.2 Å². The summed E-state index contributed by atoms with van der Waals surface area (Å²) < 4.78 is 0. The number of amides is 1. The van der Waals surface area contributed by atoms with Crippen molar-refractivity contribution < 1.29 is 4.79 Å². The minimum atomic E-state index is 0.352. The summed E-state index contributed by atoms with van der Waals surface area (Å²) in [7, 11) is 3.64. The lowest BCUT2D eigenvalue weighted by molar-refractivity contribution is -0.132. The molecule has 0 N–H and O–H groups in total.